The Labute approximate surface area is 121 Å². The molecule has 2 rings (SSSR count). The lowest BCUT2D eigenvalue weighted by atomic mass is 9.93. The second-order valence-electron chi connectivity index (χ2n) is 5.82. The van der Waals surface area contributed by atoms with Crippen molar-refractivity contribution < 1.29 is 9.84 Å². The molecule has 1 aromatic rings. The second-order valence-corrected chi connectivity index (χ2v) is 5.82. The summed E-state index contributed by atoms with van der Waals surface area (Å²) in [5.41, 5.74) is 0.936. The molecule has 1 fully saturated rings. The lowest BCUT2D eigenvalue weighted by Gasteiger charge is -2.37. The molecule has 0 unspecified atom stereocenters. The Morgan fingerprint density at radius 3 is 2.60 bits per heavy atom. The topological polar surface area (TPSA) is 44.7 Å². The first-order chi connectivity index (χ1) is 9.63. The Morgan fingerprint density at radius 1 is 1.30 bits per heavy atom. The summed E-state index contributed by atoms with van der Waals surface area (Å²) in [6.07, 6.45) is 1.02. The van der Waals surface area contributed by atoms with Crippen LogP contribution in [0.1, 0.15) is 31.9 Å². The molecule has 0 spiro atoms. The Kier molecular flexibility index (Phi) is 5.26. The van der Waals surface area contributed by atoms with Gasteiger partial charge in [0, 0.05) is 32.2 Å². The van der Waals surface area contributed by atoms with Crippen LogP contribution in [0.2, 0.25) is 0 Å². The number of phenols is 1. The molecule has 0 radical (unpaired) electrons. The number of hydrogen-bond acceptors (Lipinski definition) is 4. The maximum absolute atomic E-state index is 10.3. The van der Waals surface area contributed by atoms with Crippen LogP contribution in [0.5, 0.6) is 11.5 Å². The average Bonchev–Trinajstić information content (AvgIpc) is 2.45. The molecule has 4 heteroatoms. The van der Waals surface area contributed by atoms with E-state index in [1.54, 1.807) is 13.2 Å². The molecule has 1 aliphatic heterocycles. The van der Waals surface area contributed by atoms with Crippen molar-refractivity contribution in [1.82, 2.24) is 10.2 Å². The summed E-state index contributed by atoms with van der Waals surface area (Å²) >= 11 is 0. The van der Waals surface area contributed by atoms with Crippen molar-refractivity contribution in [2.24, 2.45) is 5.92 Å². The zero-order chi connectivity index (χ0) is 14.5. The van der Waals surface area contributed by atoms with E-state index in [0.29, 0.717) is 11.7 Å². The summed E-state index contributed by atoms with van der Waals surface area (Å²) in [6, 6.07) is 5.74. The normalized spacial score (nSPS) is 18.2. The predicted octanol–water partition coefficient (Wildman–Crippen LogP) is 2.39. The summed E-state index contributed by atoms with van der Waals surface area (Å²) in [5.74, 6) is 1.70. The van der Waals surface area contributed by atoms with Crippen LogP contribution in [0.3, 0.4) is 0 Å². The van der Waals surface area contributed by atoms with Gasteiger partial charge in [0.15, 0.2) is 0 Å². The van der Waals surface area contributed by atoms with E-state index in [1.807, 2.05) is 12.1 Å². The highest BCUT2D eigenvalue weighted by molar-refractivity contribution is 5.46. The van der Waals surface area contributed by atoms with Crippen LogP contribution in [0.4, 0.5) is 0 Å². The molecule has 20 heavy (non-hydrogen) atoms. The monoisotopic (exact) mass is 278 g/mol. The minimum absolute atomic E-state index is 0.216. The van der Waals surface area contributed by atoms with E-state index >= 15 is 0 Å². The average molecular weight is 278 g/mol. The molecule has 0 saturated carbocycles. The molecule has 0 bridgehead atoms. The lowest BCUT2D eigenvalue weighted by molar-refractivity contribution is 0.149. The Bertz CT molecular complexity index is 428. The van der Waals surface area contributed by atoms with Gasteiger partial charge in [-0.1, -0.05) is 19.9 Å². The molecule has 1 atom stereocenters. The van der Waals surface area contributed by atoms with Gasteiger partial charge in [0.2, 0.25) is 0 Å². The zero-order valence-electron chi connectivity index (χ0n) is 12.7. The van der Waals surface area contributed by atoms with Crippen LogP contribution in [0.25, 0.3) is 0 Å². The fourth-order valence-electron chi connectivity index (χ4n) is 2.94. The van der Waals surface area contributed by atoms with Gasteiger partial charge in [-0.2, -0.15) is 0 Å². The lowest BCUT2D eigenvalue weighted by Crippen LogP contribution is -2.45. The number of rotatable bonds is 5. The van der Waals surface area contributed by atoms with Crippen molar-refractivity contribution >= 4 is 0 Å². The summed E-state index contributed by atoms with van der Waals surface area (Å²) in [4.78, 5) is 2.45. The Hall–Kier alpha value is -1.26. The first kappa shape index (κ1) is 15.1. The summed E-state index contributed by atoms with van der Waals surface area (Å²) in [6.45, 7) is 8.47. The summed E-state index contributed by atoms with van der Waals surface area (Å²) in [7, 11) is 1.67. The van der Waals surface area contributed by atoms with Crippen molar-refractivity contribution in [3.8, 4) is 11.5 Å². The van der Waals surface area contributed by atoms with E-state index in [4.69, 9.17) is 4.74 Å². The van der Waals surface area contributed by atoms with E-state index in [2.05, 4.69) is 24.1 Å². The van der Waals surface area contributed by atoms with Crippen LogP contribution in [-0.4, -0.2) is 43.3 Å². The van der Waals surface area contributed by atoms with E-state index in [1.165, 1.54) is 0 Å². The van der Waals surface area contributed by atoms with Gasteiger partial charge in [0.05, 0.1) is 12.7 Å². The van der Waals surface area contributed by atoms with Crippen LogP contribution in [-0.2, 0) is 0 Å². The molecule has 1 heterocycles. The van der Waals surface area contributed by atoms with Gasteiger partial charge in [0.1, 0.15) is 11.5 Å². The maximum atomic E-state index is 10.3. The van der Waals surface area contributed by atoms with Gasteiger partial charge in [0.25, 0.3) is 0 Å². The van der Waals surface area contributed by atoms with Gasteiger partial charge < -0.3 is 15.2 Å². The van der Waals surface area contributed by atoms with Crippen molar-refractivity contribution in [2.45, 2.75) is 26.3 Å². The number of nitrogens with zero attached hydrogens (tertiary/aromatic N) is 1. The number of ether oxygens (including phenoxy) is 1. The van der Waals surface area contributed by atoms with Crippen LogP contribution >= 0.6 is 0 Å². The number of methoxy groups -OCH3 is 1. The maximum Gasteiger partial charge on any atom is 0.127 e. The molecule has 112 valence electrons. The Balaban J connectivity index is 2.34. The fraction of sp³-hybridized carbons (Fsp3) is 0.625. The highest BCUT2D eigenvalue weighted by Gasteiger charge is 2.27. The third-order valence-electron chi connectivity index (χ3n) is 3.88. The second kappa shape index (κ2) is 6.95. The predicted molar refractivity (Wildman–Crippen MR) is 81.3 cm³/mol. The van der Waals surface area contributed by atoms with Gasteiger partial charge in [-0.3, -0.25) is 4.90 Å². The number of phenolic OH excluding ortho intramolecular Hbond substituents is 1. The molecule has 0 amide bonds. The van der Waals surface area contributed by atoms with Crippen LogP contribution in [0, 0.1) is 5.92 Å². The molecule has 2 N–H and O–H groups in total. The molecule has 0 aliphatic carbocycles. The molecule has 0 aromatic heterocycles. The quantitative estimate of drug-likeness (QED) is 0.868. The van der Waals surface area contributed by atoms with E-state index in [0.717, 1.165) is 43.9 Å². The van der Waals surface area contributed by atoms with Crippen LogP contribution < -0.4 is 10.1 Å². The first-order valence-electron chi connectivity index (χ1n) is 7.44. The third kappa shape index (κ3) is 3.44. The van der Waals surface area contributed by atoms with Gasteiger partial charge in [-0.15, -0.1) is 0 Å². The minimum Gasteiger partial charge on any atom is -0.507 e. The zero-order valence-corrected chi connectivity index (χ0v) is 12.7. The number of nitrogens with one attached hydrogen (secondary N) is 1. The van der Waals surface area contributed by atoms with Gasteiger partial charge in [-0.05, 0) is 24.5 Å². The smallest absolute Gasteiger partial charge is 0.127 e. The molecular formula is C16H26N2O2. The van der Waals surface area contributed by atoms with E-state index in [-0.39, 0.29) is 6.04 Å². The number of hydrogen-bond donors (Lipinski definition) is 2. The third-order valence-corrected chi connectivity index (χ3v) is 3.88. The number of aromatic hydroxyl groups is 1. The molecular weight excluding hydrogens is 252 g/mol. The van der Waals surface area contributed by atoms with Gasteiger partial charge in [-0.25, -0.2) is 0 Å². The SMILES string of the molecule is COc1cccc(O)c1[C@H](CC(C)C)N1CCNCC1. The molecule has 1 saturated heterocycles. The van der Waals surface area contributed by atoms with E-state index < -0.39 is 0 Å². The fourth-order valence-corrected chi connectivity index (χ4v) is 2.94. The minimum atomic E-state index is 0.216. The standard InChI is InChI=1S/C16H26N2O2/c1-12(2)11-13(18-9-7-17-8-10-18)16-14(19)5-4-6-15(16)20-3/h4-6,12-13,17,19H,7-11H2,1-3H3/t13-/m0/s1. The highest BCUT2D eigenvalue weighted by atomic mass is 16.5. The van der Waals surface area contributed by atoms with E-state index in [9.17, 15) is 5.11 Å². The first-order valence-corrected chi connectivity index (χ1v) is 7.44. The largest absolute Gasteiger partial charge is 0.507 e. The molecule has 1 aliphatic rings. The van der Waals surface area contributed by atoms with Gasteiger partial charge >= 0.3 is 0 Å². The molecule has 1 aromatic carbocycles. The summed E-state index contributed by atoms with van der Waals surface area (Å²) < 4.78 is 5.48. The highest BCUT2D eigenvalue weighted by Crippen LogP contribution is 2.39. The number of piperazine rings is 1. The van der Waals surface area contributed by atoms with Crippen molar-refractivity contribution in [1.29, 1.82) is 0 Å². The van der Waals surface area contributed by atoms with Crippen molar-refractivity contribution in [3.63, 3.8) is 0 Å². The van der Waals surface area contributed by atoms with Crippen LogP contribution in [0.15, 0.2) is 18.2 Å². The molecule has 4 nitrogen and oxygen atoms in total. The number of benzene rings is 1. The van der Waals surface area contributed by atoms with Crippen molar-refractivity contribution in [3.05, 3.63) is 23.8 Å². The summed E-state index contributed by atoms with van der Waals surface area (Å²) in [5, 5.41) is 13.7. The Morgan fingerprint density at radius 2 is 2.00 bits per heavy atom. The van der Waals surface area contributed by atoms with Crippen molar-refractivity contribution in [2.75, 3.05) is 33.3 Å².